The van der Waals surface area contributed by atoms with Crippen molar-refractivity contribution in [2.45, 2.75) is 13.0 Å². The van der Waals surface area contributed by atoms with Crippen LogP contribution in [-0.2, 0) is 4.79 Å². The molecule has 2 aliphatic heterocycles. The van der Waals surface area contributed by atoms with Crippen LogP contribution in [0.2, 0.25) is 0 Å². The van der Waals surface area contributed by atoms with E-state index in [2.05, 4.69) is 5.32 Å². The number of rotatable bonds is 2. The molecule has 0 spiro atoms. The third kappa shape index (κ3) is 2.42. The zero-order valence-electron chi connectivity index (χ0n) is 11.8. The van der Waals surface area contributed by atoms with Gasteiger partial charge in [0.25, 0.3) is 11.8 Å². The number of carbonyl (C=O) groups is 3. The van der Waals surface area contributed by atoms with Gasteiger partial charge >= 0.3 is 0 Å². The second-order valence-electron chi connectivity index (χ2n) is 5.44. The summed E-state index contributed by atoms with van der Waals surface area (Å²) in [5, 5.41) is 3.25. The molecule has 1 saturated heterocycles. The molecule has 1 aromatic rings. The maximum absolute atomic E-state index is 12.3. The van der Waals surface area contributed by atoms with Gasteiger partial charge in [0.05, 0.1) is 11.1 Å². The van der Waals surface area contributed by atoms with Crippen molar-refractivity contribution in [3.8, 4) is 0 Å². The van der Waals surface area contributed by atoms with Crippen LogP contribution in [0.4, 0.5) is 0 Å². The summed E-state index contributed by atoms with van der Waals surface area (Å²) in [6.07, 6.45) is 0. The Labute approximate surface area is 122 Å². The first-order valence-corrected chi connectivity index (χ1v) is 7.04. The number of nitrogens with one attached hydrogen (secondary N) is 1. The van der Waals surface area contributed by atoms with E-state index in [0.717, 1.165) is 11.4 Å². The minimum Gasteiger partial charge on any atom is -0.338 e. The van der Waals surface area contributed by atoms with Crippen LogP contribution in [0.1, 0.15) is 27.6 Å². The van der Waals surface area contributed by atoms with E-state index in [1.54, 1.807) is 29.2 Å². The Bertz CT molecular complexity index is 579. The molecule has 2 aliphatic rings. The van der Waals surface area contributed by atoms with Gasteiger partial charge in [0.2, 0.25) is 5.91 Å². The number of nitrogens with zero attached hydrogens (tertiary/aromatic N) is 2. The van der Waals surface area contributed by atoms with Gasteiger partial charge in [0.1, 0.15) is 6.54 Å². The number of imide groups is 1. The quantitative estimate of drug-likeness (QED) is 0.783. The second kappa shape index (κ2) is 5.29. The fourth-order valence-electron chi connectivity index (χ4n) is 2.78. The van der Waals surface area contributed by atoms with Gasteiger partial charge in [-0.1, -0.05) is 12.1 Å². The molecule has 1 aromatic carbocycles. The summed E-state index contributed by atoms with van der Waals surface area (Å²) in [6, 6.07) is 6.89. The van der Waals surface area contributed by atoms with Crippen molar-refractivity contribution in [3.63, 3.8) is 0 Å². The number of piperazine rings is 1. The molecule has 21 heavy (non-hydrogen) atoms. The highest BCUT2D eigenvalue weighted by atomic mass is 16.2. The highest BCUT2D eigenvalue weighted by molar-refractivity contribution is 6.22. The summed E-state index contributed by atoms with van der Waals surface area (Å²) >= 11 is 0. The van der Waals surface area contributed by atoms with Gasteiger partial charge in [0.15, 0.2) is 0 Å². The number of benzene rings is 1. The third-order valence-electron chi connectivity index (χ3n) is 3.89. The Morgan fingerprint density at radius 2 is 1.86 bits per heavy atom. The molecular weight excluding hydrogens is 270 g/mol. The van der Waals surface area contributed by atoms with Crippen molar-refractivity contribution in [2.75, 3.05) is 26.2 Å². The highest BCUT2D eigenvalue weighted by Crippen LogP contribution is 2.22. The first-order chi connectivity index (χ1) is 10.1. The summed E-state index contributed by atoms with van der Waals surface area (Å²) in [4.78, 5) is 39.5. The molecule has 3 amide bonds. The fourth-order valence-corrected chi connectivity index (χ4v) is 2.78. The van der Waals surface area contributed by atoms with Crippen LogP contribution < -0.4 is 5.32 Å². The molecule has 6 nitrogen and oxygen atoms in total. The van der Waals surface area contributed by atoms with E-state index >= 15 is 0 Å². The number of fused-ring (bicyclic) bond motifs is 1. The topological polar surface area (TPSA) is 69.7 Å². The Kier molecular flexibility index (Phi) is 3.47. The minimum atomic E-state index is -0.382. The van der Waals surface area contributed by atoms with Crippen molar-refractivity contribution in [2.24, 2.45) is 0 Å². The van der Waals surface area contributed by atoms with Gasteiger partial charge in [-0.15, -0.1) is 0 Å². The molecule has 0 bridgehead atoms. The molecule has 1 N–H and O–H groups in total. The Morgan fingerprint density at radius 3 is 2.43 bits per heavy atom. The molecule has 0 saturated carbocycles. The van der Waals surface area contributed by atoms with E-state index in [0.29, 0.717) is 24.2 Å². The number of hydrogen-bond donors (Lipinski definition) is 1. The Hall–Kier alpha value is -2.21. The van der Waals surface area contributed by atoms with Gasteiger partial charge in [-0.05, 0) is 19.1 Å². The molecule has 0 aliphatic carbocycles. The first-order valence-electron chi connectivity index (χ1n) is 7.04. The standard InChI is InChI=1S/C15H17N3O3/c1-10-8-17(7-6-16-10)13(19)9-18-14(20)11-4-2-3-5-12(11)15(18)21/h2-5,10,16H,6-9H2,1H3. The molecule has 1 atom stereocenters. The summed E-state index contributed by atoms with van der Waals surface area (Å²) in [5.41, 5.74) is 0.757. The average Bonchev–Trinajstić information content (AvgIpc) is 2.73. The molecule has 6 heteroatoms. The van der Waals surface area contributed by atoms with Crippen molar-refractivity contribution in [1.82, 2.24) is 15.1 Å². The van der Waals surface area contributed by atoms with Crippen molar-refractivity contribution in [1.29, 1.82) is 0 Å². The molecule has 1 fully saturated rings. The largest absolute Gasteiger partial charge is 0.338 e. The van der Waals surface area contributed by atoms with Crippen LogP contribution in [0.3, 0.4) is 0 Å². The van der Waals surface area contributed by atoms with Crippen molar-refractivity contribution >= 4 is 17.7 Å². The highest BCUT2D eigenvalue weighted by Gasteiger charge is 2.37. The van der Waals surface area contributed by atoms with Gasteiger partial charge in [-0.3, -0.25) is 19.3 Å². The van der Waals surface area contributed by atoms with Crippen LogP contribution in [0.25, 0.3) is 0 Å². The Morgan fingerprint density at radius 1 is 1.24 bits per heavy atom. The molecule has 0 aromatic heterocycles. The number of amides is 3. The van der Waals surface area contributed by atoms with Crippen LogP contribution in [-0.4, -0.2) is 59.7 Å². The number of carbonyl (C=O) groups excluding carboxylic acids is 3. The van der Waals surface area contributed by atoms with Crippen LogP contribution in [0, 0.1) is 0 Å². The molecule has 1 unspecified atom stereocenters. The third-order valence-corrected chi connectivity index (χ3v) is 3.89. The maximum atomic E-state index is 12.3. The van der Waals surface area contributed by atoms with E-state index in [1.807, 2.05) is 6.92 Å². The van der Waals surface area contributed by atoms with E-state index < -0.39 is 0 Å². The molecule has 3 rings (SSSR count). The maximum Gasteiger partial charge on any atom is 0.262 e. The van der Waals surface area contributed by atoms with Gasteiger partial charge < -0.3 is 10.2 Å². The Balaban J connectivity index is 1.73. The first kappa shape index (κ1) is 13.8. The van der Waals surface area contributed by atoms with Crippen LogP contribution >= 0.6 is 0 Å². The smallest absolute Gasteiger partial charge is 0.262 e. The fraction of sp³-hybridized carbons (Fsp3) is 0.400. The lowest BCUT2D eigenvalue weighted by atomic mass is 10.1. The summed E-state index contributed by atoms with van der Waals surface area (Å²) in [7, 11) is 0. The SMILES string of the molecule is CC1CN(C(=O)CN2C(=O)c3ccccc3C2=O)CCN1. The van der Waals surface area contributed by atoms with E-state index in [-0.39, 0.29) is 30.3 Å². The predicted molar refractivity (Wildman–Crippen MR) is 75.9 cm³/mol. The normalized spacial score (nSPS) is 21.7. The molecule has 2 heterocycles. The minimum absolute atomic E-state index is 0.181. The second-order valence-corrected chi connectivity index (χ2v) is 5.44. The lowest BCUT2D eigenvalue weighted by molar-refractivity contribution is -0.132. The zero-order valence-corrected chi connectivity index (χ0v) is 11.8. The van der Waals surface area contributed by atoms with E-state index in [9.17, 15) is 14.4 Å². The molecule has 0 radical (unpaired) electrons. The van der Waals surface area contributed by atoms with Crippen LogP contribution in [0.15, 0.2) is 24.3 Å². The monoisotopic (exact) mass is 287 g/mol. The van der Waals surface area contributed by atoms with Gasteiger partial charge in [0, 0.05) is 25.7 Å². The zero-order chi connectivity index (χ0) is 15.0. The van der Waals surface area contributed by atoms with Gasteiger partial charge in [-0.25, -0.2) is 0 Å². The lowest BCUT2D eigenvalue weighted by Gasteiger charge is -2.32. The number of hydrogen-bond acceptors (Lipinski definition) is 4. The summed E-state index contributed by atoms with van der Waals surface area (Å²) in [5.74, 6) is -0.947. The lowest BCUT2D eigenvalue weighted by Crippen LogP contribution is -2.53. The summed E-state index contributed by atoms with van der Waals surface area (Å²) in [6.45, 7) is 3.75. The van der Waals surface area contributed by atoms with E-state index in [4.69, 9.17) is 0 Å². The molecule has 110 valence electrons. The predicted octanol–water partition coefficient (Wildman–Crippen LogP) is 0.103. The van der Waals surface area contributed by atoms with Crippen molar-refractivity contribution < 1.29 is 14.4 Å². The van der Waals surface area contributed by atoms with E-state index in [1.165, 1.54) is 0 Å². The van der Waals surface area contributed by atoms with Crippen molar-refractivity contribution in [3.05, 3.63) is 35.4 Å². The summed E-state index contributed by atoms with van der Waals surface area (Å²) < 4.78 is 0. The van der Waals surface area contributed by atoms with Crippen LogP contribution in [0.5, 0.6) is 0 Å². The van der Waals surface area contributed by atoms with Gasteiger partial charge in [-0.2, -0.15) is 0 Å². The molecular formula is C15H17N3O3. The average molecular weight is 287 g/mol.